The minimum atomic E-state index is -0.203. The van der Waals surface area contributed by atoms with Gasteiger partial charge in [0.25, 0.3) is 0 Å². The Morgan fingerprint density at radius 2 is 2.23 bits per heavy atom. The highest BCUT2D eigenvalue weighted by Gasteiger charge is 2.34. The molecular weight excluding hydrogens is 284 g/mol. The van der Waals surface area contributed by atoms with E-state index in [1.54, 1.807) is 18.4 Å². The zero-order chi connectivity index (χ0) is 15.7. The smallest absolute Gasteiger partial charge is 0.238 e. The van der Waals surface area contributed by atoms with Gasteiger partial charge in [0.1, 0.15) is 0 Å². The van der Waals surface area contributed by atoms with E-state index in [0.717, 1.165) is 13.1 Å². The lowest BCUT2D eigenvalue weighted by Gasteiger charge is -2.37. The molecule has 0 radical (unpaired) electrons. The van der Waals surface area contributed by atoms with Gasteiger partial charge in [0.05, 0.1) is 18.7 Å². The Balaban J connectivity index is 1.50. The summed E-state index contributed by atoms with van der Waals surface area (Å²) in [4.78, 5) is 18.3. The topological polar surface area (TPSA) is 84.4 Å². The molecule has 118 valence electrons. The number of furan rings is 1. The third-order valence-electron chi connectivity index (χ3n) is 3.37. The van der Waals surface area contributed by atoms with Crippen LogP contribution in [0, 0.1) is 0 Å². The molecule has 1 fully saturated rings. The van der Waals surface area contributed by atoms with Gasteiger partial charge in [0.2, 0.25) is 17.6 Å². The SMILES string of the molecule is CC(C)(C)NC(=O)CN1CC(c2nc(-c3ccco3)no2)C1. The maximum Gasteiger partial charge on any atom is 0.238 e. The van der Waals surface area contributed by atoms with Crippen molar-refractivity contribution < 1.29 is 13.7 Å². The van der Waals surface area contributed by atoms with Crippen LogP contribution in [0.3, 0.4) is 0 Å². The van der Waals surface area contributed by atoms with Crippen LogP contribution in [0.1, 0.15) is 32.6 Å². The summed E-state index contributed by atoms with van der Waals surface area (Å²) in [5.74, 6) is 1.87. The molecular formula is C15H20N4O3. The Bertz CT molecular complexity index is 636. The molecule has 1 saturated heterocycles. The number of amides is 1. The number of likely N-dealkylation sites (tertiary alicyclic amines) is 1. The first-order valence-electron chi connectivity index (χ1n) is 7.31. The second kappa shape index (κ2) is 5.57. The van der Waals surface area contributed by atoms with Crippen LogP contribution < -0.4 is 5.32 Å². The van der Waals surface area contributed by atoms with E-state index in [1.165, 1.54) is 0 Å². The summed E-state index contributed by atoms with van der Waals surface area (Å²) >= 11 is 0. The number of hydrogen-bond donors (Lipinski definition) is 1. The number of carbonyl (C=O) groups excluding carboxylic acids is 1. The second-order valence-corrected chi connectivity index (χ2v) is 6.62. The van der Waals surface area contributed by atoms with Gasteiger partial charge in [0.15, 0.2) is 5.76 Å². The summed E-state index contributed by atoms with van der Waals surface area (Å²) in [6.45, 7) is 7.80. The lowest BCUT2D eigenvalue weighted by atomic mass is 10.00. The summed E-state index contributed by atoms with van der Waals surface area (Å²) in [5, 5.41) is 6.87. The van der Waals surface area contributed by atoms with Crippen LogP contribution in [0.5, 0.6) is 0 Å². The molecule has 0 atom stereocenters. The first kappa shape index (κ1) is 14.8. The van der Waals surface area contributed by atoms with Gasteiger partial charge in [-0.3, -0.25) is 9.69 Å². The zero-order valence-electron chi connectivity index (χ0n) is 13.0. The van der Waals surface area contributed by atoms with Gasteiger partial charge in [-0.1, -0.05) is 5.16 Å². The first-order valence-corrected chi connectivity index (χ1v) is 7.31. The van der Waals surface area contributed by atoms with Crippen molar-refractivity contribution in [3.8, 4) is 11.6 Å². The van der Waals surface area contributed by atoms with Crippen molar-refractivity contribution in [1.82, 2.24) is 20.4 Å². The highest BCUT2D eigenvalue weighted by Crippen LogP contribution is 2.27. The minimum absolute atomic E-state index is 0.0350. The summed E-state index contributed by atoms with van der Waals surface area (Å²) in [6.07, 6.45) is 1.57. The standard InChI is InChI=1S/C15H20N4O3/c1-15(2,3)17-12(20)9-19-7-10(8-19)14-16-13(18-22-14)11-5-4-6-21-11/h4-6,10H,7-9H2,1-3H3,(H,17,20). The summed E-state index contributed by atoms with van der Waals surface area (Å²) in [6, 6.07) is 3.57. The molecule has 0 aliphatic carbocycles. The molecule has 3 rings (SSSR count). The predicted molar refractivity (Wildman–Crippen MR) is 79.1 cm³/mol. The summed E-state index contributed by atoms with van der Waals surface area (Å²) in [7, 11) is 0. The third-order valence-corrected chi connectivity index (χ3v) is 3.37. The van der Waals surface area contributed by atoms with Crippen LogP contribution in [-0.2, 0) is 4.79 Å². The van der Waals surface area contributed by atoms with E-state index in [-0.39, 0.29) is 17.4 Å². The number of carbonyl (C=O) groups is 1. The van der Waals surface area contributed by atoms with Gasteiger partial charge in [-0.2, -0.15) is 4.98 Å². The van der Waals surface area contributed by atoms with Crippen LogP contribution in [0.2, 0.25) is 0 Å². The summed E-state index contributed by atoms with van der Waals surface area (Å²) < 4.78 is 10.5. The van der Waals surface area contributed by atoms with E-state index in [4.69, 9.17) is 8.94 Å². The molecule has 0 aromatic carbocycles. The Kier molecular flexibility index (Phi) is 3.74. The van der Waals surface area contributed by atoms with Gasteiger partial charge >= 0.3 is 0 Å². The predicted octanol–water partition coefficient (Wildman–Crippen LogP) is 1.64. The Morgan fingerprint density at radius 1 is 1.45 bits per heavy atom. The maximum atomic E-state index is 11.8. The molecule has 1 amide bonds. The van der Waals surface area contributed by atoms with E-state index in [9.17, 15) is 4.79 Å². The number of aromatic nitrogens is 2. The molecule has 0 saturated carbocycles. The van der Waals surface area contributed by atoms with E-state index in [0.29, 0.717) is 24.0 Å². The van der Waals surface area contributed by atoms with Gasteiger partial charge < -0.3 is 14.3 Å². The average Bonchev–Trinajstić information content (AvgIpc) is 3.01. The van der Waals surface area contributed by atoms with Gasteiger partial charge in [-0.25, -0.2) is 0 Å². The van der Waals surface area contributed by atoms with Crippen LogP contribution in [0.15, 0.2) is 27.3 Å². The van der Waals surface area contributed by atoms with Crippen molar-refractivity contribution in [2.75, 3.05) is 19.6 Å². The first-order chi connectivity index (χ1) is 10.4. The van der Waals surface area contributed by atoms with E-state index < -0.39 is 0 Å². The minimum Gasteiger partial charge on any atom is -0.461 e. The van der Waals surface area contributed by atoms with E-state index in [2.05, 4.69) is 20.4 Å². The Labute approximate surface area is 128 Å². The van der Waals surface area contributed by atoms with Crippen LogP contribution >= 0.6 is 0 Å². The van der Waals surface area contributed by atoms with Crippen molar-refractivity contribution in [1.29, 1.82) is 0 Å². The van der Waals surface area contributed by atoms with E-state index >= 15 is 0 Å². The fourth-order valence-electron chi connectivity index (χ4n) is 2.42. The van der Waals surface area contributed by atoms with Crippen molar-refractivity contribution >= 4 is 5.91 Å². The lowest BCUT2D eigenvalue weighted by Crippen LogP contribution is -2.52. The third kappa shape index (κ3) is 3.36. The second-order valence-electron chi connectivity index (χ2n) is 6.62. The molecule has 0 unspecified atom stereocenters. The number of nitrogens with one attached hydrogen (secondary N) is 1. The molecule has 22 heavy (non-hydrogen) atoms. The molecule has 7 nitrogen and oxygen atoms in total. The normalized spacial score (nSPS) is 16.5. The molecule has 0 bridgehead atoms. The lowest BCUT2D eigenvalue weighted by molar-refractivity contribution is -0.124. The molecule has 1 aliphatic rings. The van der Waals surface area contributed by atoms with Crippen molar-refractivity contribution in [3.63, 3.8) is 0 Å². The quantitative estimate of drug-likeness (QED) is 0.924. The van der Waals surface area contributed by atoms with Crippen molar-refractivity contribution in [2.24, 2.45) is 0 Å². The zero-order valence-corrected chi connectivity index (χ0v) is 13.0. The Hall–Kier alpha value is -2.15. The monoisotopic (exact) mass is 304 g/mol. The molecule has 1 aliphatic heterocycles. The van der Waals surface area contributed by atoms with Crippen molar-refractivity contribution in [3.05, 3.63) is 24.3 Å². The van der Waals surface area contributed by atoms with Crippen LogP contribution in [-0.4, -0.2) is 46.1 Å². The molecule has 2 aromatic heterocycles. The number of hydrogen-bond acceptors (Lipinski definition) is 6. The van der Waals surface area contributed by atoms with Gasteiger partial charge in [-0.05, 0) is 32.9 Å². The fourth-order valence-corrected chi connectivity index (χ4v) is 2.42. The summed E-state index contributed by atoms with van der Waals surface area (Å²) in [5.41, 5.74) is -0.203. The number of nitrogens with zero attached hydrogens (tertiary/aromatic N) is 3. The van der Waals surface area contributed by atoms with Gasteiger partial charge in [0, 0.05) is 18.6 Å². The number of rotatable bonds is 4. The highest BCUT2D eigenvalue weighted by molar-refractivity contribution is 5.78. The average molecular weight is 304 g/mol. The molecule has 7 heteroatoms. The van der Waals surface area contributed by atoms with Crippen LogP contribution in [0.4, 0.5) is 0 Å². The largest absolute Gasteiger partial charge is 0.461 e. The maximum absolute atomic E-state index is 11.8. The van der Waals surface area contributed by atoms with Crippen molar-refractivity contribution in [2.45, 2.75) is 32.2 Å². The van der Waals surface area contributed by atoms with Gasteiger partial charge in [-0.15, -0.1) is 0 Å². The molecule has 2 aromatic rings. The molecule has 1 N–H and O–H groups in total. The Morgan fingerprint density at radius 3 is 2.86 bits per heavy atom. The van der Waals surface area contributed by atoms with Crippen LogP contribution in [0.25, 0.3) is 11.6 Å². The molecule has 3 heterocycles. The van der Waals surface area contributed by atoms with E-state index in [1.807, 2.05) is 20.8 Å². The fraction of sp³-hybridized carbons (Fsp3) is 0.533. The molecule has 0 spiro atoms. The highest BCUT2D eigenvalue weighted by atomic mass is 16.5.